The summed E-state index contributed by atoms with van der Waals surface area (Å²) < 4.78 is 4.90. The van der Waals surface area contributed by atoms with Crippen LogP contribution in [0.5, 0.6) is 0 Å². The summed E-state index contributed by atoms with van der Waals surface area (Å²) >= 11 is 7.66. The van der Waals surface area contributed by atoms with Crippen molar-refractivity contribution < 1.29 is 9.53 Å². The summed E-state index contributed by atoms with van der Waals surface area (Å²) in [6.07, 6.45) is 0.103. The highest BCUT2D eigenvalue weighted by molar-refractivity contribution is 9.08. The van der Waals surface area contributed by atoms with Crippen molar-refractivity contribution in [3.63, 3.8) is 0 Å². The van der Waals surface area contributed by atoms with Crippen molar-refractivity contribution in [2.24, 2.45) is 0 Å². The van der Waals surface area contributed by atoms with Crippen LogP contribution in [0.2, 0.25) is 0 Å². The fraction of sp³-hybridized carbons (Fsp3) is 0.333. The second-order valence-corrected chi connectivity index (χ2v) is 4.36. The molecule has 0 unspecified atom stereocenters. The quantitative estimate of drug-likeness (QED) is 0.528. The maximum absolute atomic E-state index is 11.5. The number of carbonyl (C=O) groups excluding carboxylic acids is 1. The second-order valence-electron chi connectivity index (χ2n) is 3.32. The van der Waals surface area contributed by atoms with E-state index < -0.39 is 0 Å². The zero-order chi connectivity index (χ0) is 12.8. The van der Waals surface area contributed by atoms with Crippen LogP contribution >= 0.6 is 28.6 Å². The van der Waals surface area contributed by atoms with Crippen LogP contribution in [0, 0.1) is 11.3 Å². The predicted octanol–water partition coefficient (Wildman–Crippen LogP) is 2.85. The van der Waals surface area contributed by atoms with E-state index in [1.165, 1.54) is 0 Å². The molecule has 1 aromatic carbocycles. The first-order chi connectivity index (χ1) is 8.13. The molecule has 0 radical (unpaired) electrons. The Balaban J connectivity index is 3.15. The summed E-state index contributed by atoms with van der Waals surface area (Å²) in [4.78, 5) is 12.3. The first-order valence-electron chi connectivity index (χ1n) is 5.09. The number of benzene rings is 1. The molecule has 90 valence electrons. The van der Waals surface area contributed by atoms with E-state index in [2.05, 4.69) is 34.6 Å². The highest BCUT2D eigenvalue weighted by atomic mass is 79.9. The smallest absolute Gasteiger partial charge is 0.310 e. The standard InChI is InChI=1S/C12H12BrNO2S/c1-2-16-12(15)5-9-8(7-14)3-4-11(17)10(9)6-13/h3-4,17H,2,5-6H2,1H3. The van der Waals surface area contributed by atoms with Gasteiger partial charge in [0.1, 0.15) is 0 Å². The fourth-order valence-electron chi connectivity index (χ4n) is 1.49. The highest BCUT2D eigenvalue weighted by Gasteiger charge is 2.15. The number of rotatable bonds is 4. The molecular weight excluding hydrogens is 302 g/mol. The number of nitriles is 1. The lowest BCUT2D eigenvalue weighted by Crippen LogP contribution is -2.11. The van der Waals surface area contributed by atoms with E-state index in [0.29, 0.717) is 23.1 Å². The molecule has 0 fully saturated rings. The minimum atomic E-state index is -0.329. The van der Waals surface area contributed by atoms with E-state index >= 15 is 0 Å². The number of ether oxygens (including phenoxy) is 1. The molecule has 1 rings (SSSR count). The number of carbonyl (C=O) groups is 1. The van der Waals surface area contributed by atoms with E-state index in [9.17, 15) is 4.79 Å². The summed E-state index contributed by atoms with van der Waals surface area (Å²) in [7, 11) is 0. The van der Waals surface area contributed by atoms with Crippen molar-refractivity contribution in [2.75, 3.05) is 6.61 Å². The number of alkyl halides is 1. The first kappa shape index (κ1) is 14.1. The fourth-order valence-corrected chi connectivity index (χ4v) is 2.64. The normalized spacial score (nSPS) is 9.76. The zero-order valence-electron chi connectivity index (χ0n) is 9.36. The minimum absolute atomic E-state index is 0.103. The number of nitrogens with zero attached hydrogens (tertiary/aromatic N) is 1. The van der Waals surface area contributed by atoms with Gasteiger partial charge in [-0.2, -0.15) is 5.26 Å². The van der Waals surface area contributed by atoms with Crippen molar-refractivity contribution in [3.05, 3.63) is 28.8 Å². The van der Waals surface area contributed by atoms with E-state index in [4.69, 9.17) is 10.00 Å². The lowest BCUT2D eigenvalue weighted by Gasteiger charge is -2.11. The lowest BCUT2D eigenvalue weighted by atomic mass is 10.00. The van der Waals surface area contributed by atoms with Gasteiger partial charge < -0.3 is 4.74 Å². The van der Waals surface area contributed by atoms with Gasteiger partial charge >= 0.3 is 5.97 Å². The Morgan fingerprint density at radius 1 is 1.53 bits per heavy atom. The van der Waals surface area contributed by atoms with Crippen LogP contribution in [-0.4, -0.2) is 12.6 Å². The van der Waals surface area contributed by atoms with Gasteiger partial charge in [-0.1, -0.05) is 15.9 Å². The van der Waals surface area contributed by atoms with Gasteiger partial charge in [-0.15, -0.1) is 12.6 Å². The molecule has 0 aliphatic heterocycles. The van der Waals surface area contributed by atoms with Gasteiger partial charge in [-0.25, -0.2) is 0 Å². The van der Waals surface area contributed by atoms with E-state index in [1.54, 1.807) is 19.1 Å². The highest BCUT2D eigenvalue weighted by Crippen LogP contribution is 2.25. The molecule has 0 heterocycles. The first-order valence-corrected chi connectivity index (χ1v) is 6.66. The van der Waals surface area contributed by atoms with Crippen LogP contribution in [0.15, 0.2) is 17.0 Å². The van der Waals surface area contributed by atoms with Gasteiger partial charge in [-0.3, -0.25) is 4.79 Å². The second kappa shape index (κ2) is 6.67. The number of halogens is 1. The molecule has 5 heteroatoms. The Bertz CT molecular complexity index is 468. The van der Waals surface area contributed by atoms with Crippen molar-refractivity contribution in [3.8, 4) is 6.07 Å². The van der Waals surface area contributed by atoms with Gasteiger partial charge in [-0.05, 0) is 30.2 Å². The van der Waals surface area contributed by atoms with Crippen LogP contribution < -0.4 is 0 Å². The molecule has 0 saturated carbocycles. The Labute approximate surface area is 114 Å². The van der Waals surface area contributed by atoms with Crippen molar-refractivity contribution in [1.82, 2.24) is 0 Å². The van der Waals surface area contributed by atoms with Crippen LogP contribution in [0.1, 0.15) is 23.6 Å². The van der Waals surface area contributed by atoms with Crippen molar-refractivity contribution in [1.29, 1.82) is 5.26 Å². The molecule has 0 aliphatic carbocycles. The average molecular weight is 314 g/mol. The van der Waals surface area contributed by atoms with Gasteiger partial charge in [0.25, 0.3) is 0 Å². The maximum atomic E-state index is 11.5. The van der Waals surface area contributed by atoms with Crippen LogP contribution in [0.25, 0.3) is 0 Å². The molecule has 0 saturated heterocycles. The zero-order valence-corrected chi connectivity index (χ0v) is 11.8. The summed E-state index contributed by atoms with van der Waals surface area (Å²) in [6.45, 7) is 2.09. The van der Waals surface area contributed by atoms with Crippen LogP contribution in [0.4, 0.5) is 0 Å². The Morgan fingerprint density at radius 3 is 2.76 bits per heavy atom. The molecule has 1 aromatic rings. The van der Waals surface area contributed by atoms with Crippen molar-refractivity contribution in [2.45, 2.75) is 23.6 Å². The Morgan fingerprint density at radius 2 is 2.24 bits per heavy atom. The molecule has 0 N–H and O–H groups in total. The third-order valence-electron chi connectivity index (χ3n) is 2.29. The minimum Gasteiger partial charge on any atom is -0.466 e. The molecule has 0 bridgehead atoms. The maximum Gasteiger partial charge on any atom is 0.310 e. The Hall–Kier alpha value is -0.990. The summed E-state index contributed by atoms with van der Waals surface area (Å²) in [6, 6.07) is 5.51. The van der Waals surface area contributed by atoms with Gasteiger partial charge in [0.05, 0.1) is 24.7 Å². The lowest BCUT2D eigenvalue weighted by molar-refractivity contribution is -0.142. The number of esters is 1. The topological polar surface area (TPSA) is 50.1 Å². The third-order valence-corrected chi connectivity index (χ3v) is 3.27. The van der Waals surface area contributed by atoms with Gasteiger partial charge in [0, 0.05) is 10.2 Å². The number of thiol groups is 1. The van der Waals surface area contributed by atoms with Crippen molar-refractivity contribution >= 4 is 34.5 Å². The summed E-state index contributed by atoms with van der Waals surface area (Å²) in [5.74, 6) is -0.329. The van der Waals surface area contributed by atoms with Crippen LogP contribution in [0.3, 0.4) is 0 Å². The van der Waals surface area contributed by atoms with E-state index in [1.807, 2.05) is 0 Å². The van der Waals surface area contributed by atoms with Gasteiger partial charge in [0.2, 0.25) is 0 Å². The molecule has 0 spiro atoms. The molecule has 0 aliphatic rings. The van der Waals surface area contributed by atoms with Gasteiger partial charge in [0.15, 0.2) is 0 Å². The Kier molecular flexibility index (Phi) is 5.52. The summed E-state index contributed by atoms with van der Waals surface area (Å²) in [5.41, 5.74) is 2.04. The molecular formula is C12H12BrNO2S. The molecule has 0 amide bonds. The predicted molar refractivity (Wildman–Crippen MR) is 71.4 cm³/mol. The number of hydrogen-bond donors (Lipinski definition) is 1. The third kappa shape index (κ3) is 3.48. The van der Waals surface area contributed by atoms with E-state index in [-0.39, 0.29) is 12.4 Å². The van der Waals surface area contributed by atoms with Crippen LogP contribution in [-0.2, 0) is 21.3 Å². The van der Waals surface area contributed by atoms with E-state index in [0.717, 1.165) is 10.5 Å². The SMILES string of the molecule is CCOC(=O)Cc1c(C#N)ccc(S)c1CBr. The average Bonchev–Trinajstić information content (AvgIpc) is 2.30. The molecule has 17 heavy (non-hydrogen) atoms. The monoisotopic (exact) mass is 313 g/mol. The summed E-state index contributed by atoms with van der Waals surface area (Å²) in [5, 5.41) is 9.58. The number of hydrogen-bond acceptors (Lipinski definition) is 4. The molecule has 0 aromatic heterocycles. The molecule has 0 atom stereocenters. The molecule has 3 nitrogen and oxygen atoms in total. The largest absolute Gasteiger partial charge is 0.466 e.